The number of aryl methyl sites for hydroxylation is 1. The van der Waals surface area contributed by atoms with Crippen molar-refractivity contribution in [3.63, 3.8) is 0 Å². The molecule has 2 heterocycles. The summed E-state index contributed by atoms with van der Waals surface area (Å²) >= 11 is 0. The number of alkyl halides is 3. The number of anilines is 1. The third-order valence-electron chi connectivity index (χ3n) is 7.65. The summed E-state index contributed by atoms with van der Waals surface area (Å²) in [6, 6.07) is 12.4. The molecule has 1 aliphatic heterocycles. The molecule has 1 saturated carbocycles. The van der Waals surface area contributed by atoms with E-state index in [4.69, 9.17) is 9.84 Å². The van der Waals surface area contributed by atoms with E-state index in [1.807, 2.05) is 24.3 Å². The van der Waals surface area contributed by atoms with Crippen LogP contribution >= 0.6 is 0 Å². The third kappa shape index (κ3) is 5.54. The second kappa shape index (κ2) is 9.61. The molecule has 2 aliphatic carbocycles. The van der Waals surface area contributed by atoms with Crippen molar-refractivity contribution in [3.05, 3.63) is 64.8 Å². The maximum atomic E-state index is 13.6. The summed E-state index contributed by atoms with van der Waals surface area (Å²) in [5.41, 5.74) is 3.06. The van der Waals surface area contributed by atoms with Crippen LogP contribution in [0.25, 0.3) is 11.3 Å². The number of carbonyl (C=O) groups is 2. The number of nitrogens with one attached hydrogen (secondary N) is 2. The standard InChI is InChI=1S/C28H27F3N4O5S/c1-41(38,39)13-22(36)32-24-23(18-6-4-17(5-7-18)16-2-3-16)34-35-14-27(33-26(37)25(24)35)11-10-19-12-20(8-9-21(19)27)40-15-28(29,30)31/h4-9,12,16H,2-3,10-11,13-15H2,1H3,(H,32,36)(H,33,37)/t27-/m0/s1. The summed E-state index contributed by atoms with van der Waals surface area (Å²) < 4.78 is 67.8. The highest BCUT2D eigenvalue weighted by atomic mass is 32.2. The number of benzene rings is 2. The summed E-state index contributed by atoms with van der Waals surface area (Å²) in [5, 5.41) is 10.4. The van der Waals surface area contributed by atoms with Crippen molar-refractivity contribution in [1.82, 2.24) is 15.1 Å². The van der Waals surface area contributed by atoms with Crippen molar-refractivity contribution in [2.75, 3.05) is 23.9 Å². The Labute approximate surface area is 234 Å². The Bertz CT molecular complexity index is 1660. The van der Waals surface area contributed by atoms with Crippen molar-refractivity contribution in [1.29, 1.82) is 0 Å². The molecular formula is C28H27F3N4O5S. The molecule has 0 radical (unpaired) electrons. The van der Waals surface area contributed by atoms with Gasteiger partial charge in [-0.05, 0) is 60.4 Å². The van der Waals surface area contributed by atoms with Gasteiger partial charge in [-0.25, -0.2) is 8.42 Å². The van der Waals surface area contributed by atoms with E-state index in [0.29, 0.717) is 30.0 Å². The fourth-order valence-corrected chi connectivity index (χ4v) is 6.27. The lowest BCUT2D eigenvalue weighted by atomic mass is 9.89. The highest BCUT2D eigenvalue weighted by Gasteiger charge is 2.46. The van der Waals surface area contributed by atoms with E-state index in [1.54, 1.807) is 12.1 Å². The molecule has 13 heteroatoms. The molecule has 2 amide bonds. The first kappa shape index (κ1) is 27.3. The smallest absolute Gasteiger partial charge is 0.422 e. The number of sulfone groups is 1. The molecule has 2 N–H and O–H groups in total. The second-order valence-corrected chi connectivity index (χ2v) is 13.1. The number of carbonyl (C=O) groups excluding carboxylic acids is 2. The van der Waals surface area contributed by atoms with Gasteiger partial charge >= 0.3 is 6.18 Å². The number of fused-ring (bicyclic) bond motifs is 3. The SMILES string of the molecule is CS(=O)(=O)CC(=O)Nc1c(-c2ccc(C3CC3)cc2)nn2c1C(=O)N[C@@]1(CCc3cc(OCC(F)(F)F)ccc31)C2. The van der Waals surface area contributed by atoms with E-state index in [9.17, 15) is 31.2 Å². The van der Waals surface area contributed by atoms with Crippen LogP contribution in [-0.4, -0.2) is 54.8 Å². The van der Waals surface area contributed by atoms with Crippen molar-refractivity contribution in [3.8, 4) is 17.0 Å². The minimum Gasteiger partial charge on any atom is -0.484 e. The fourth-order valence-electron chi connectivity index (χ4n) is 5.72. The van der Waals surface area contributed by atoms with E-state index >= 15 is 0 Å². The Morgan fingerprint density at radius 1 is 1.20 bits per heavy atom. The van der Waals surface area contributed by atoms with Crippen LogP contribution in [0.2, 0.25) is 0 Å². The second-order valence-electron chi connectivity index (χ2n) is 11.0. The van der Waals surface area contributed by atoms with Gasteiger partial charge < -0.3 is 15.4 Å². The molecule has 41 heavy (non-hydrogen) atoms. The summed E-state index contributed by atoms with van der Waals surface area (Å²) in [6.45, 7) is -1.19. The molecule has 6 rings (SSSR count). The molecule has 1 spiro atoms. The molecule has 0 saturated heterocycles. The fraction of sp³-hybridized carbons (Fsp3) is 0.393. The van der Waals surface area contributed by atoms with Gasteiger partial charge in [-0.3, -0.25) is 14.3 Å². The first-order valence-electron chi connectivity index (χ1n) is 13.1. The van der Waals surface area contributed by atoms with E-state index in [0.717, 1.165) is 30.2 Å². The lowest BCUT2D eigenvalue weighted by Crippen LogP contribution is -2.52. The van der Waals surface area contributed by atoms with Gasteiger partial charge in [-0.1, -0.05) is 30.3 Å². The Morgan fingerprint density at radius 2 is 1.93 bits per heavy atom. The largest absolute Gasteiger partial charge is 0.484 e. The zero-order chi connectivity index (χ0) is 29.2. The van der Waals surface area contributed by atoms with Gasteiger partial charge in [0.05, 0.1) is 12.1 Å². The number of rotatable bonds is 7. The number of hydrogen-bond donors (Lipinski definition) is 2. The first-order chi connectivity index (χ1) is 19.3. The number of hydrogen-bond acceptors (Lipinski definition) is 6. The zero-order valence-electron chi connectivity index (χ0n) is 22.0. The predicted molar refractivity (Wildman–Crippen MR) is 143 cm³/mol. The third-order valence-corrected chi connectivity index (χ3v) is 8.43. The monoisotopic (exact) mass is 588 g/mol. The molecule has 2 aromatic carbocycles. The topological polar surface area (TPSA) is 119 Å². The molecule has 1 aromatic heterocycles. The lowest BCUT2D eigenvalue weighted by molar-refractivity contribution is -0.153. The van der Waals surface area contributed by atoms with Gasteiger partial charge in [0.2, 0.25) is 5.91 Å². The van der Waals surface area contributed by atoms with Crippen molar-refractivity contribution >= 4 is 27.3 Å². The minimum absolute atomic E-state index is 0.0906. The molecular weight excluding hydrogens is 561 g/mol. The molecule has 0 unspecified atom stereocenters. The van der Waals surface area contributed by atoms with E-state index in [2.05, 4.69) is 10.6 Å². The Kier molecular flexibility index (Phi) is 6.40. The number of halogens is 3. The van der Waals surface area contributed by atoms with Crippen molar-refractivity contribution < 1.29 is 35.9 Å². The van der Waals surface area contributed by atoms with Gasteiger partial charge in [-0.2, -0.15) is 18.3 Å². The highest BCUT2D eigenvalue weighted by molar-refractivity contribution is 7.91. The maximum absolute atomic E-state index is 13.6. The Hall–Kier alpha value is -3.87. The molecule has 9 nitrogen and oxygen atoms in total. The van der Waals surface area contributed by atoms with Crippen LogP contribution in [-0.2, 0) is 33.1 Å². The quantitative estimate of drug-likeness (QED) is 0.432. The van der Waals surface area contributed by atoms with Crippen LogP contribution in [0.5, 0.6) is 5.75 Å². The van der Waals surface area contributed by atoms with Crippen molar-refractivity contribution in [2.24, 2.45) is 0 Å². The Morgan fingerprint density at radius 3 is 2.59 bits per heavy atom. The molecule has 1 atom stereocenters. The van der Waals surface area contributed by atoms with E-state index in [-0.39, 0.29) is 23.7 Å². The van der Waals surface area contributed by atoms with Gasteiger partial charge in [0.15, 0.2) is 22.1 Å². The van der Waals surface area contributed by atoms with E-state index in [1.165, 1.54) is 16.3 Å². The van der Waals surface area contributed by atoms with Crippen LogP contribution in [0.1, 0.15) is 52.4 Å². The average molecular weight is 589 g/mol. The summed E-state index contributed by atoms with van der Waals surface area (Å²) in [4.78, 5) is 26.3. The first-order valence-corrected chi connectivity index (χ1v) is 15.2. The van der Waals surface area contributed by atoms with Gasteiger partial charge in [0, 0.05) is 11.8 Å². The molecule has 0 bridgehead atoms. The van der Waals surface area contributed by atoms with E-state index < -0.39 is 45.7 Å². The zero-order valence-corrected chi connectivity index (χ0v) is 22.9. The Balaban J connectivity index is 1.36. The molecule has 1 fully saturated rings. The molecule has 3 aliphatic rings. The number of amides is 2. The predicted octanol–water partition coefficient (Wildman–Crippen LogP) is 3.94. The molecule has 216 valence electrons. The van der Waals surface area contributed by atoms with Gasteiger partial charge in [0.1, 0.15) is 22.9 Å². The number of ether oxygens (including phenoxy) is 1. The summed E-state index contributed by atoms with van der Waals surface area (Å²) in [6.07, 6.45) is -0.265. The summed E-state index contributed by atoms with van der Waals surface area (Å²) in [7, 11) is -3.63. The van der Waals surface area contributed by atoms with Crippen LogP contribution in [0, 0.1) is 0 Å². The summed E-state index contributed by atoms with van der Waals surface area (Å²) in [5.74, 6) is -1.43. The van der Waals surface area contributed by atoms with Crippen LogP contribution < -0.4 is 15.4 Å². The average Bonchev–Trinajstić information content (AvgIpc) is 3.60. The van der Waals surface area contributed by atoms with Crippen LogP contribution in [0.15, 0.2) is 42.5 Å². The van der Waals surface area contributed by atoms with Crippen LogP contribution in [0.4, 0.5) is 18.9 Å². The minimum atomic E-state index is -4.46. The number of nitrogens with zero attached hydrogens (tertiary/aromatic N) is 2. The highest BCUT2D eigenvalue weighted by Crippen LogP contribution is 2.45. The van der Waals surface area contributed by atoms with Crippen molar-refractivity contribution in [2.45, 2.75) is 49.9 Å². The molecule has 3 aromatic rings. The lowest BCUT2D eigenvalue weighted by Gasteiger charge is -2.36. The van der Waals surface area contributed by atoms with Gasteiger partial charge in [-0.15, -0.1) is 0 Å². The number of aromatic nitrogens is 2. The maximum Gasteiger partial charge on any atom is 0.422 e. The normalized spacial score (nSPS) is 20.0. The van der Waals surface area contributed by atoms with Crippen LogP contribution in [0.3, 0.4) is 0 Å². The van der Waals surface area contributed by atoms with Gasteiger partial charge in [0.25, 0.3) is 5.91 Å².